The molecule has 0 bridgehead atoms. The van der Waals surface area contributed by atoms with E-state index in [-0.39, 0.29) is 28.7 Å². The number of carbonyl (C=O) groups excluding carboxylic acids is 1. The zero-order chi connectivity index (χ0) is 20.5. The predicted molar refractivity (Wildman–Crippen MR) is 108 cm³/mol. The molecule has 154 valence electrons. The molecule has 1 amide bonds. The molecular formula is C20H24FN5O3. The zero-order valence-corrected chi connectivity index (χ0v) is 16.5. The third-order valence-corrected chi connectivity index (χ3v) is 5.30. The largest absolute Gasteiger partial charge is 0.493 e. The first-order chi connectivity index (χ1) is 14.0. The van der Waals surface area contributed by atoms with Gasteiger partial charge in [0.05, 0.1) is 14.2 Å². The molecule has 8 nitrogen and oxygen atoms in total. The van der Waals surface area contributed by atoms with Gasteiger partial charge < -0.3 is 25.0 Å². The highest BCUT2D eigenvalue weighted by Crippen LogP contribution is 2.37. The van der Waals surface area contributed by atoms with E-state index in [2.05, 4.69) is 9.97 Å². The van der Waals surface area contributed by atoms with Crippen LogP contribution in [0.15, 0.2) is 18.2 Å². The number of piperazine rings is 1. The zero-order valence-electron chi connectivity index (χ0n) is 16.5. The van der Waals surface area contributed by atoms with Crippen LogP contribution < -0.4 is 20.1 Å². The number of nitrogens with zero attached hydrogens (tertiary/aromatic N) is 4. The molecule has 2 heterocycles. The summed E-state index contributed by atoms with van der Waals surface area (Å²) in [4.78, 5) is 24.7. The first-order valence-corrected chi connectivity index (χ1v) is 9.61. The molecule has 4 rings (SSSR count). The predicted octanol–water partition coefficient (Wildman–Crippen LogP) is 1.98. The number of hydrogen-bond acceptors (Lipinski definition) is 7. The van der Waals surface area contributed by atoms with Gasteiger partial charge in [-0.1, -0.05) is 6.08 Å². The molecule has 1 saturated carbocycles. The lowest BCUT2D eigenvalue weighted by atomic mass is 10.2. The van der Waals surface area contributed by atoms with E-state index in [0.29, 0.717) is 43.4 Å². The Hall–Kier alpha value is -3.10. The van der Waals surface area contributed by atoms with Crippen molar-refractivity contribution in [3.05, 3.63) is 24.0 Å². The number of fused-ring (bicyclic) bond motifs is 1. The van der Waals surface area contributed by atoms with E-state index < -0.39 is 5.82 Å². The summed E-state index contributed by atoms with van der Waals surface area (Å²) >= 11 is 0. The second-order valence-corrected chi connectivity index (χ2v) is 7.24. The number of halogens is 1. The van der Waals surface area contributed by atoms with E-state index in [1.165, 1.54) is 27.1 Å². The quantitative estimate of drug-likeness (QED) is 0.766. The minimum atomic E-state index is -0.642. The Labute approximate surface area is 168 Å². The Kier molecular flexibility index (Phi) is 5.12. The van der Waals surface area contributed by atoms with Crippen LogP contribution in [0.4, 0.5) is 16.2 Å². The van der Waals surface area contributed by atoms with Crippen LogP contribution in [0, 0.1) is 11.7 Å². The lowest BCUT2D eigenvalue weighted by molar-refractivity contribution is -0.126. The smallest absolute Gasteiger partial charge is 0.246 e. The number of amides is 1. The van der Waals surface area contributed by atoms with Crippen molar-refractivity contribution in [1.82, 2.24) is 14.9 Å². The van der Waals surface area contributed by atoms with Gasteiger partial charge in [-0.15, -0.1) is 0 Å². The van der Waals surface area contributed by atoms with Gasteiger partial charge >= 0.3 is 0 Å². The molecule has 1 aromatic heterocycles. The van der Waals surface area contributed by atoms with E-state index >= 15 is 0 Å². The first kappa shape index (κ1) is 19.2. The summed E-state index contributed by atoms with van der Waals surface area (Å²) in [6, 6.07) is 1.57. The number of aromatic nitrogens is 2. The molecule has 1 aliphatic heterocycles. The Bertz CT molecular complexity index is 968. The molecule has 0 radical (unpaired) electrons. The van der Waals surface area contributed by atoms with Crippen molar-refractivity contribution in [1.29, 1.82) is 0 Å². The fourth-order valence-electron chi connectivity index (χ4n) is 3.42. The van der Waals surface area contributed by atoms with Crippen LogP contribution in [0.25, 0.3) is 10.9 Å². The van der Waals surface area contributed by atoms with Crippen LogP contribution in [0.2, 0.25) is 0 Å². The van der Waals surface area contributed by atoms with Crippen LogP contribution in [0.1, 0.15) is 12.8 Å². The molecule has 29 heavy (non-hydrogen) atoms. The summed E-state index contributed by atoms with van der Waals surface area (Å²) < 4.78 is 25.2. The molecule has 2 N–H and O–H groups in total. The van der Waals surface area contributed by atoms with Gasteiger partial charge in [0.1, 0.15) is 11.3 Å². The number of methoxy groups -OCH3 is 2. The van der Waals surface area contributed by atoms with Gasteiger partial charge in [-0.25, -0.2) is 9.37 Å². The SMILES string of the molecule is COc1cc2c(N)nc(N3CCN(C(=O)C=CC4CC4)CC3)nc2c(F)c1OC. The van der Waals surface area contributed by atoms with Gasteiger partial charge in [-0.2, -0.15) is 4.98 Å². The standard InChI is InChI=1S/C20H24FN5O3/c1-28-14-11-13-17(16(21)18(14)29-2)23-20(24-19(13)22)26-9-7-25(8-10-26)15(27)6-5-12-3-4-12/h5-6,11-12H,3-4,7-10H2,1-2H3,(H2,22,23,24). The van der Waals surface area contributed by atoms with Gasteiger partial charge in [0, 0.05) is 31.6 Å². The minimum absolute atomic E-state index is 0.0260. The Morgan fingerprint density at radius 1 is 1.21 bits per heavy atom. The number of carbonyl (C=O) groups is 1. The minimum Gasteiger partial charge on any atom is -0.493 e. The van der Waals surface area contributed by atoms with E-state index in [9.17, 15) is 9.18 Å². The van der Waals surface area contributed by atoms with Crippen molar-refractivity contribution in [3.8, 4) is 11.5 Å². The molecule has 2 fully saturated rings. The number of nitrogen functional groups attached to an aromatic ring is 1. The third-order valence-electron chi connectivity index (χ3n) is 5.30. The highest BCUT2D eigenvalue weighted by molar-refractivity contribution is 5.92. The second-order valence-electron chi connectivity index (χ2n) is 7.24. The van der Waals surface area contributed by atoms with Gasteiger partial charge in [0.25, 0.3) is 0 Å². The highest BCUT2D eigenvalue weighted by Gasteiger charge is 2.25. The maximum Gasteiger partial charge on any atom is 0.246 e. The number of hydrogen-bond donors (Lipinski definition) is 1. The molecule has 0 unspecified atom stereocenters. The first-order valence-electron chi connectivity index (χ1n) is 9.61. The molecule has 0 atom stereocenters. The molecule has 0 spiro atoms. The normalized spacial score (nSPS) is 17.2. The van der Waals surface area contributed by atoms with Gasteiger partial charge in [0.2, 0.25) is 11.9 Å². The molecule has 1 aromatic carbocycles. The number of benzene rings is 1. The maximum atomic E-state index is 14.9. The second kappa shape index (κ2) is 7.73. The molecule has 9 heteroatoms. The van der Waals surface area contributed by atoms with E-state index in [1.807, 2.05) is 11.0 Å². The fraction of sp³-hybridized carbons (Fsp3) is 0.450. The highest BCUT2D eigenvalue weighted by atomic mass is 19.1. The Morgan fingerprint density at radius 3 is 2.55 bits per heavy atom. The number of nitrogens with two attached hydrogens (primary N) is 1. The number of rotatable bonds is 5. The van der Waals surface area contributed by atoms with E-state index in [4.69, 9.17) is 15.2 Å². The van der Waals surface area contributed by atoms with Gasteiger partial charge in [-0.05, 0) is 30.9 Å². The summed E-state index contributed by atoms with van der Waals surface area (Å²) in [5.41, 5.74) is 6.16. The monoisotopic (exact) mass is 401 g/mol. The van der Waals surface area contributed by atoms with Crippen LogP contribution >= 0.6 is 0 Å². The van der Waals surface area contributed by atoms with Crippen LogP contribution in [0.5, 0.6) is 11.5 Å². The Morgan fingerprint density at radius 2 is 1.93 bits per heavy atom. The molecule has 2 aliphatic rings. The average molecular weight is 401 g/mol. The molecular weight excluding hydrogens is 377 g/mol. The fourth-order valence-corrected chi connectivity index (χ4v) is 3.42. The van der Waals surface area contributed by atoms with Crippen LogP contribution in [-0.4, -0.2) is 61.2 Å². The van der Waals surface area contributed by atoms with Gasteiger partial charge in [0.15, 0.2) is 17.3 Å². The summed E-state index contributed by atoms with van der Waals surface area (Å²) in [7, 11) is 2.79. The summed E-state index contributed by atoms with van der Waals surface area (Å²) in [6.07, 6.45) is 6.01. The summed E-state index contributed by atoms with van der Waals surface area (Å²) in [5.74, 6) is 0.653. The van der Waals surface area contributed by atoms with Gasteiger partial charge in [-0.3, -0.25) is 4.79 Å². The van der Waals surface area contributed by atoms with Crippen molar-refractivity contribution in [2.75, 3.05) is 51.0 Å². The van der Waals surface area contributed by atoms with Crippen LogP contribution in [0.3, 0.4) is 0 Å². The van der Waals surface area contributed by atoms with Crippen molar-refractivity contribution < 1.29 is 18.7 Å². The number of anilines is 2. The molecule has 1 saturated heterocycles. The maximum absolute atomic E-state index is 14.9. The number of allylic oxidation sites excluding steroid dienone is 1. The van der Waals surface area contributed by atoms with Crippen LogP contribution in [-0.2, 0) is 4.79 Å². The third kappa shape index (κ3) is 3.76. The lowest BCUT2D eigenvalue weighted by Gasteiger charge is -2.34. The van der Waals surface area contributed by atoms with Crippen molar-refractivity contribution in [2.45, 2.75) is 12.8 Å². The lowest BCUT2D eigenvalue weighted by Crippen LogP contribution is -2.48. The molecule has 1 aliphatic carbocycles. The van der Waals surface area contributed by atoms with Crippen molar-refractivity contribution in [2.24, 2.45) is 5.92 Å². The van der Waals surface area contributed by atoms with E-state index in [1.54, 1.807) is 17.0 Å². The van der Waals surface area contributed by atoms with E-state index in [0.717, 1.165) is 0 Å². The molecule has 2 aromatic rings. The topological polar surface area (TPSA) is 93.8 Å². The summed E-state index contributed by atoms with van der Waals surface area (Å²) in [5, 5.41) is 0.364. The van der Waals surface area contributed by atoms with Crippen molar-refractivity contribution in [3.63, 3.8) is 0 Å². The average Bonchev–Trinajstić information content (AvgIpc) is 3.57. The Balaban J connectivity index is 1.55. The van der Waals surface area contributed by atoms with Crippen molar-refractivity contribution >= 4 is 28.6 Å². The number of ether oxygens (including phenoxy) is 2. The summed E-state index contributed by atoms with van der Waals surface area (Å²) in [6.45, 7) is 2.18.